The van der Waals surface area contributed by atoms with Crippen LogP contribution in [0.1, 0.15) is 41.5 Å². The highest BCUT2D eigenvalue weighted by Gasteiger charge is 2.24. The molecule has 1 unspecified atom stereocenters. The molecule has 0 aromatic heterocycles. The Morgan fingerprint density at radius 1 is 1.22 bits per heavy atom. The molecule has 0 saturated heterocycles. The minimum absolute atomic E-state index is 0.0148. The lowest BCUT2D eigenvalue weighted by Crippen LogP contribution is -2.52. The van der Waals surface area contributed by atoms with Crippen molar-refractivity contribution in [1.29, 1.82) is 0 Å². The van der Waals surface area contributed by atoms with E-state index in [0.717, 1.165) is 0 Å². The Hall–Kier alpha value is -1.30. The third kappa shape index (κ3) is 7.11. The van der Waals surface area contributed by atoms with E-state index in [1.165, 1.54) is 0 Å². The molecule has 6 heteroatoms. The third-order valence-corrected chi connectivity index (χ3v) is 1.94. The van der Waals surface area contributed by atoms with E-state index in [4.69, 9.17) is 9.47 Å². The van der Waals surface area contributed by atoms with Gasteiger partial charge >= 0.3 is 12.1 Å². The number of hydrogen-bond donors (Lipinski definition) is 2. The van der Waals surface area contributed by atoms with Crippen LogP contribution in [0.15, 0.2) is 0 Å². The SMILES string of the molecule is CCOC(=O)C(NNC(=O)OC(C)(C)C)C(C)C. The molecule has 0 aliphatic rings. The molecule has 0 radical (unpaired) electrons. The van der Waals surface area contributed by atoms with Crippen molar-refractivity contribution in [3.63, 3.8) is 0 Å². The van der Waals surface area contributed by atoms with Crippen LogP contribution in [0.4, 0.5) is 4.79 Å². The maximum absolute atomic E-state index is 11.6. The number of nitrogens with one attached hydrogen (secondary N) is 2. The van der Waals surface area contributed by atoms with Gasteiger partial charge < -0.3 is 9.47 Å². The Balaban J connectivity index is 4.28. The van der Waals surface area contributed by atoms with E-state index < -0.39 is 23.7 Å². The summed E-state index contributed by atoms with van der Waals surface area (Å²) in [6, 6.07) is -0.600. The first-order valence-electron chi connectivity index (χ1n) is 6.08. The summed E-state index contributed by atoms with van der Waals surface area (Å²) >= 11 is 0. The van der Waals surface area contributed by atoms with Crippen molar-refractivity contribution in [2.75, 3.05) is 6.61 Å². The summed E-state index contributed by atoms with van der Waals surface area (Å²) in [6.45, 7) is 11.0. The highest BCUT2D eigenvalue weighted by atomic mass is 16.6. The average Bonchev–Trinajstić information content (AvgIpc) is 2.14. The predicted molar refractivity (Wildman–Crippen MR) is 67.8 cm³/mol. The third-order valence-electron chi connectivity index (χ3n) is 1.94. The van der Waals surface area contributed by atoms with Crippen molar-refractivity contribution in [2.24, 2.45) is 5.92 Å². The first-order valence-corrected chi connectivity index (χ1v) is 6.08. The van der Waals surface area contributed by atoms with E-state index in [0.29, 0.717) is 6.61 Å². The van der Waals surface area contributed by atoms with E-state index in [1.54, 1.807) is 27.7 Å². The molecule has 0 aromatic carbocycles. The van der Waals surface area contributed by atoms with Crippen LogP contribution in [-0.4, -0.2) is 30.3 Å². The van der Waals surface area contributed by atoms with Gasteiger partial charge in [0.1, 0.15) is 11.6 Å². The second-order valence-corrected chi connectivity index (χ2v) is 5.24. The van der Waals surface area contributed by atoms with Gasteiger partial charge in [-0.2, -0.15) is 0 Å². The Labute approximate surface area is 108 Å². The first kappa shape index (κ1) is 16.7. The lowest BCUT2D eigenvalue weighted by molar-refractivity contribution is -0.147. The molecule has 0 fully saturated rings. The number of hydrazine groups is 1. The molecule has 0 saturated carbocycles. The molecule has 106 valence electrons. The molecule has 1 atom stereocenters. The van der Waals surface area contributed by atoms with E-state index in [-0.39, 0.29) is 5.92 Å². The van der Waals surface area contributed by atoms with Gasteiger partial charge in [0.25, 0.3) is 0 Å². The van der Waals surface area contributed by atoms with E-state index in [1.807, 2.05) is 13.8 Å². The summed E-state index contributed by atoms with van der Waals surface area (Å²) in [4.78, 5) is 23.0. The van der Waals surface area contributed by atoms with Crippen LogP contribution in [0.25, 0.3) is 0 Å². The number of esters is 1. The Kier molecular flexibility index (Phi) is 6.68. The molecule has 1 amide bonds. The zero-order valence-electron chi connectivity index (χ0n) is 12.0. The van der Waals surface area contributed by atoms with Gasteiger partial charge in [-0.3, -0.25) is 10.2 Å². The van der Waals surface area contributed by atoms with Crippen LogP contribution in [0.3, 0.4) is 0 Å². The number of rotatable bonds is 5. The molecule has 6 nitrogen and oxygen atoms in total. The van der Waals surface area contributed by atoms with Gasteiger partial charge in [0, 0.05) is 0 Å². The first-order chi connectivity index (χ1) is 8.17. The van der Waals surface area contributed by atoms with Crippen molar-refractivity contribution < 1.29 is 19.1 Å². The molecule has 0 aliphatic carbocycles. The van der Waals surface area contributed by atoms with E-state index in [9.17, 15) is 9.59 Å². The second-order valence-electron chi connectivity index (χ2n) is 5.24. The summed E-state index contributed by atoms with van der Waals surface area (Å²) in [7, 11) is 0. The van der Waals surface area contributed by atoms with Crippen LogP contribution >= 0.6 is 0 Å². The van der Waals surface area contributed by atoms with Crippen molar-refractivity contribution in [2.45, 2.75) is 53.2 Å². The van der Waals surface area contributed by atoms with Crippen LogP contribution < -0.4 is 10.9 Å². The van der Waals surface area contributed by atoms with Crippen molar-refractivity contribution >= 4 is 12.1 Å². The normalized spacial score (nSPS) is 13.1. The summed E-state index contributed by atoms with van der Waals surface area (Å²) < 4.78 is 9.95. The van der Waals surface area contributed by atoms with Crippen LogP contribution in [0.2, 0.25) is 0 Å². The summed E-state index contributed by atoms with van der Waals surface area (Å²) in [5.74, 6) is -0.414. The topological polar surface area (TPSA) is 76.7 Å². The smallest absolute Gasteiger partial charge is 0.422 e. The summed E-state index contributed by atoms with van der Waals surface area (Å²) in [5.41, 5.74) is 4.39. The molecule has 2 N–H and O–H groups in total. The molecule has 0 aromatic rings. The fraction of sp³-hybridized carbons (Fsp3) is 0.833. The molecule has 0 bridgehead atoms. The number of ether oxygens (including phenoxy) is 2. The fourth-order valence-electron chi connectivity index (χ4n) is 1.17. The second kappa shape index (κ2) is 7.20. The molecule has 0 spiro atoms. The minimum Gasteiger partial charge on any atom is -0.465 e. The van der Waals surface area contributed by atoms with Gasteiger partial charge in [-0.05, 0) is 33.6 Å². The van der Waals surface area contributed by atoms with Gasteiger partial charge in [-0.1, -0.05) is 13.8 Å². The van der Waals surface area contributed by atoms with Crippen LogP contribution in [-0.2, 0) is 14.3 Å². The number of carbonyl (C=O) groups excluding carboxylic acids is 2. The highest BCUT2D eigenvalue weighted by Crippen LogP contribution is 2.07. The molecular weight excluding hydrogens is 236 g/mol. The van der Waals surface area contributed by atoms with Gasteiger partial charge in [0.2, 0.25) is 0 Å². The van der Waals surface area contributed by atoms with Crippen molar-refractivity contribution in [3.05, 3.63) is 0 Å². The summed E-state index contributed by atoms with van der Waals surface area (Å²) in [6.07, 6.45) is -0.627. The van der Waals surface area contributed by atoms with Gasteiger partial charge in [0.15, 0.2) is 0 Å². The Morgan fingerprint density at radius 3 is 2.17 bits per heavy atom. The summed E-state index contributed by atoms with van der Waals surface area (Å²) in [5, 5.41) is 0. The fourth-order valence-corrected chi connectivity index (χ4v) is 1.17. The van der Waals surface area contributed by atoms with Crippen molar-refractivity contribution in [1.82, 2.24) is 10.9 Å². The van der Waals surface area contributed by atoms with Crippen LogP contribution in [0.5, 0.6) is 0 Å². The zero-order valence-corrected chi connectivity index (χ0v) is 12.0. The highest BCUT2D eigenvalue weighted by molar-refractivity contribution is 5.76. The van der Waals surface area contributed by atoms with Gasteiger partial charge in [-0.15, -0.1) is 0 Å². The van der Waals surface area contributed by atoms with Gasteiger partial charge in [-0.25, -0.2) is 10.2 Å². The quantitative estimate of drug-likeness (QED) is 0.580. The zero-order chi connectivity index (χ0) is 14.3. The Bertz CT molecular complexity index is 284. The number of amides is 1. The minimum atomic E-state index is -0.627. The lowest BCUT2D eigenvalue weighted by Gasteiger charge is -2.23. The maximum atomic E-state index is 11.6. The largest absolute Gasteiger partial charge is 0.465 e. The van der Waals surface area contributed by atoms with Crippen molar-refractivity contribution in [3.8, 4) is 0 Å². The predicted octanol–water partition coefficient (Wildman–Crippen LogP) is 1.60. The van der Waals surface area contributed by atoms with E-state index in [2.05, 4.69) is 10.9 Å². The Morgan fingerprint density at radius 2 is 1.78 bits per heavy atom. The van der Waals surface area contributed by atoms with Gasteiger partial charge in [0.05, 0.1) is 6.61 Å². The van der Waals surface area contributed by atoms with E-state index >= 15 is 0 Å². The number of hydrogen-bond acceptors (Lipinski definition) is 5. The van der Waals surface area contributed by atoms with Crippen LogP contribution in [0, 0.1) is 5.92 Å². The molecule has 0 aliphatic heterocycles. The number of carbonyl (C=O) groups is 2. The lowest BCUT2D eigenvalue weighted by atomic mass is 10.1. The molecular formula is C12H24N2O4. The average molecular weight is 260 g/mol. The maximum Gasteiger partial charge on any atom is 0.422 e. The standard InChI is InChI=1S/C12H24N2O4/c1-7-17-10(15)9(8(2)3)13-14-11(16)18-12(4,5)6/h8-9,13H,7H2,1-6H3,(H,14,16). The molecule has 0 heterocycles. The molecule has 18 heavy (non-hydrogen) atoms. The monoisotopic (exact) mass is 260 g/mol. The molecule has 0 rings (SSSR count).